The van der Waals surface area contributed by atoms with Crippen LogP contribution in [0.2, 0.25) is 0 Å². The lowest BCUT2D eigenvalue weighted by atomic mass is 10.1. The van der Waals surface area contributed by atoms with Crippen LogP contribution in [0.5, 0.6) is 0 Å². The molecule has 0 aliphatic carbocycles. The summed E-state index contributed by atoms with van der Waals surface area (Å²) in [5.41, 5.74) is 2.01. The molecule has 1 atom stereocenters. The third-order valence-electron chi connectivity index (χ3n) is 2.83. The molecule has 0 saturated carbocycles. The first-order valence-corrected chi connectivity index (χ1v) is 5.52. The van der Waals surface area contributed by atoms with E-state index in [4.69, 9.17) is 0 Å². The van der Waals surface area contributed by atoms with E-state index in [1.807, 2.05) is 31.3 Å². The van der Waals surface area contributed by atoms with Gasteiger partial charge < -0.3 is 15.5 Å². The molecular weight excluding hydrogens is 202 g/mol. The molecular formula is C12H17N3O. The molecule has 0 aromatic heterocycles. The lowest BCUT2D eigenvalue weighted by molar-refractivity contribution is -0.115. The van der Waals surface area contributed by atoms with Gasteiger partial charge in [0.2, 0.25) is 5.91 Å². The van der Waals surface area contributed by atoms with Crippen molar-refractivity contribution in [3.8, 4) is 0 Å². The van der Waals surface area contributed by atoms with Gasteiger partial charge >= 0.3 is 0 Å². The fourth-order valence-electron chi connectivity index (χ4n) is 2.06. The van der Waals surface area contributed by atoms with Gasteiger partial charge in [0.25, 0.3) is 0 Å². The topological polar surface area (TPSA) is 44.4 Å². The number of amides is 1. The van der Waals surface area contributed by atoms with Crippen molar-refractivity contribution in [3.63, 3.8) is 0 Å². The molecule has 4 nitrogen and oxygen atoms in total. The third-order valence-corrected chi connectivity index (χ3v) is 2.83. The Morgan fingerprint density at radius 2 is 2.25 bits per heavy atom. The van der Waals surface area contributed by atoms with Crippen LogP contribution in [0.3, 0.4) is 0 Å². The van der Waals surface area contributed by atoms with E-state index in [9.17, 15) is 4.79 Å². The van der Waals surface area contributed by atoms with Crippen molar-refractivity contribution in [2.45, 2.75) is 13.0 Å². The molecule has 4 heteroatoms. The van der Waals surface area contributed by atoms with E-state index < -0.39 is 0 Å². The molecule has 1 aliphatic rings. The van der Waals surface area contributed by atoms with E-state index in [0.717, 1.165) is 17.9 Å². The van der Waals surface area contributed by atoms with Crippen molar-refractivity contribution < 1.29 is 4.79 Å². The number of rotatable bonds is 3. The second-order valence-electron chi connectivity index (χ2n) is 4.10. The van der Waals surface area contributed by atoms with Gasteiger partial charge in [0.05, 0.1) is 17.9 Å². The number of anilines is 2. The zero-order valence-electron chi connectivity index (χ0n) is 9.66. The van der Waals surface area contributed by atoms with Crippen molar-refractivity contribution in [2.75, 3.05) is 30.4 Å². The first-order valence-electron chi connectivity index (χ1n) is 5.52. The number of nitrogens with one attached hydrogen (secondary N) is 2. The number of benzene rings is 1. The molecule has 86 valence electrons. The van der Waals surface area contributed by atoms with Crippen LogP contribution in [-0.4, -0.2) is 32.1 Å². The quantitative estimate of drug-likeness (QED) is 0.798. The molecule has 0 saturated heterocycles. The third kappa shape index (κ3) is 2.02. The van der Waals surface area contributed by atoms with E-state index in [1.54, 1.807) is 0 Å². The second-order valence-corrected chi connectivity index (χ2v) is 4.10. The van der Waals surface area contributed by atoms with E-state index in [2.05, 4.69) is 22.5 Å². The van der Waals surface area contributed by atoms with Crippen LogP contribution in [0.15, 0.2) is 24.3 Å². The van der Waals surface area contributed by atoms with Crippen molar-refractivity contribution in [1.29, 1.82) is 0 Å². The lowest BCUT2D eigenvalue weighted by Gasteiger charge is -2.35. The molecule has 1 aromatic rings. The van der Waals surface area contributed by atoms with Crippen molar-refractivity contribution in [1.82, 2.24) is 5.32 Å². The molecule has 1 amide bonds. The zero-order chi connectivity index (χ0) is 11.5. The Morgan fingerprint density at radius 3 is 3.00 bits per heavy atom. The largest absolute Gasteiger partial charge is 0.357 e. The summed E-state index contributed by atoms with van der Waals surface area (Å²) in [6.07, 6.45) is 0. The van der Waals surface area contributed by atoms with Crippen LogP contribution in [0.1, 0.15) is 6.92 Å². The molecule has 1 unspecified atom stereocenters. The van der Waals surface area contributed by atoms with Crippen molar-refractivity contribution >= 4 is 17.3 Å². The van der Waals surface area contributed by atoms with Gasteiger partial charge in [-0.1, -0.05) is 12.1 Å². The number of para-hydroxylation sites is 2. The summed E-state index contributed by atoms with van der Waals surface area (Å²) < 4.78 is 0. The maximum atomic E-state index is 11.6. The fraction of sp³-hybridized carbons (Fsp3) is 0.417. The highest BCUT2D eigenvalue weighted by Crippen LogP contribution is 2.29. The van der Waals surface area contributed by atoms with Gasteiger partial charge in [0, 0.05) is 12.6 Å². The van der Waals surface area contributed by atoms with Gasteiger partial charge in [0.15, 0.2) is 0 Å². The molecule has 16 heavy (non-hydrogen) atoms. The SMILES string of the molecule is CNCC(C)N1CC(=O)Nc2ccccc21. The fourth-order valence-corrected chi connectivity index (χ4v) is 2.06. The molecule has 2 N–H and O–H groups in total. The Kier molecular flexibility index (Phi) is 3.10. The number of hydrogen-bond donors (Lipinski definition) is 2. The summed E-state index contributed by atoms with van der Waals surface area (Å²) in [7, 11) is 1.92. The van der Waals surface area contributed by atoms with Gasteiger partial charge in [-0.2, -0.15) is 0 Å². The summed E-state index contributed by atoms with van der Waals surface area (Å²) in [6, 6.07) is 8.21. The number of carbonyl (C=O) groups excluding carboxylic acids is 1. The first-order chi connectivity index (χ1) is 7.72. The minimum absolute atomic E-state index is 0.0571. The van der Waals surface area contributed by atoms with Crippen LogP contribution in [0.25, 0.3) is 0 Å². The highest BCUT2D eigenvalue weighted by molar-refractivity contribution is 6.01. The van der Waals surface area contributed by atoms with E-state index in [0.29, 0.717) is 12.6 Å². The molecule has 0 spiro atoms. The Hall–Kier alpha value is -1.55. The summed E-state index contributed by atoms with van der Waals surface area (Å²) in [5, 5.41) is 6.02. The highest BCUT2D eigenvalue weighted by atomic mass is 16.2. The van der Waals surface area contributed by atoms with Crippen LogP contribution in [-0.2, 0) is 4.79 Å². The number of fused-ring (bicyclic) bond motifs is 1. The van der Waals surface area contributed by atoms with E-state index in [1.165, 1.54) is 0 Å². The van der Waals surface area contributed by atoms with Crippen molar-refractivity contribution in [2.24, 2.45) is 0 Å². The highest BCUT2D eigenvalue weighted by Gasteiger charge is 2.24. The molecule has 0 bridgehead atoms. The minimum atomic E-state index is 0.0571. The maximum Gasteiger partial charge on any atom is 0.243 e. The van der Waals surface area contributed by atoms with Gasteiger partial charge in [-0.05, 0) is 26.1 Å². The van der Waals surface area contributed by atoms with Gasteiger partial charge in [-0.25, -0.2) is 0 Å². The zero-order valence-corrected chi connectivity index (χ0v) is 9.66. The summed E-state index contributed by atoms with van der Waals surface area (Å²) in [5.74, 6) is 0.0571. The molecule has 1 aromatic carbocycles. The first kappa shape index (κ1) is 11.0. The Morgan fingerprint density at radius 1 is 1.50 bits per heavy atom. The minimum Gasteiger partial charge on any atom is -0.357 e. The van der Waals surface area contributed by atoms with E-state index in [-0.39, 0.29) is 5.91 Å². The number of hydrogen-bond acceptors (Lipinski definition) is 3. The summed E-state index contributed by atoms with van der Waals surface area (Å²) in [4.78, 5) is 13.7. The smallest absolute Gasteiger partial charge is 0.243 e. The molecule has 1 aliphatic heterocycles. The van der Waals surface area contributed by atoms with Gasteiger partial charge in [0.1, 0.15) is 0 Å². The van der Waals surface area contributed by atoms with Crippen LogP contribution in [0, 0.1) is 0 Å². The van der Waals surface area contributed by atoms with Crippen LogP contribution < -0.4 is 15.5 Å². The Bertz CT molecular complexity index is 392. The molecule has 0 fully saturated rings. The monoisotopic (exact) mass is 219 g/mol. The average molecular weight is 219 g/mol. The maximum absolute atomic E-state index is 11.6. The second kappa shape index (κ2) is 4.53. The number of carbonyl (C=O) groups is 1. The standard InChI is InChI=1S/C12H17N3O/c1-9(7-13-2)15-8-12(16)14-10-5-3-4-6-11(10)15/h3-6,9,13H,7-8H2,1-2H3,(H,14,16). The molecule has 1 heterocycles. The predicted octanol–water partition coefficient (Wildman–Crippen LogP) is 1.05. The van der Waals surface area contributed by atoms with Gasteiger partial charge in [-0.3, -0.25) is 4.79 Å². The van der Waals surface area contributed by atoms with Crippen LogP contribution >= 0.6 is 0 Å². The predicted molar refractivity (Wildman–Crippen MR) is 65.8 cm³/mol. The number of likely N-dealkylation sites (N-methyl/N-ethyl adjacent to an activating group) is 1. The Labute approximate surface area is 95.6 Å². The van der Waals surface area contributed by atoms with Crippen molar-refractivity contribution in [3.05, 3.63) is 24.3 Å². The lowest BCUT2D eigenvalue weighted by Crippen LogP contribution is -2.46. The Balaban J connectivity index is 2.29. The molecule has 2 rings (SSSR count). The van der Waals surface area contributed by atoms with Gasteiger partial charge in [-0.15, -0.1) is 0 Å². The van der Waals surface area contributed by atoms with Crippen LogP contribution in [0.4, 0.5) is 11.4 Å². The normalized spacial score (nSPS) is 16.6. The average Bonchev–Trinajstić information content (AvgIpc) is 2.28. The van der Waals surface area contributed by atoms with E-state index >= 15 is 0 Å². The summed E-state index contributed by atoms with van der Waals surface area (Å²) >= 11 is 0. The molecule has 0 radical (unpaired) electrons. The summed E-state index contributed by atoms with van der Waals surface area (Å²) in [6.45, 7) is 3.41. The number of nitrogens with zero attached hydrogens (tertiary/aromatic N) is 1.